The van der Waals surface area contributed by atoms with Crippen LogP contribution in [0.15, 0.2) is 42.5 Å². The van der Waals surface area contributed by atoms with E-state index in [1.165, 1.54) is 47.9 Å². The van der Waals surface area contributed by atoms with Crippen molar-refractivity contribution in [2.24, 2.45) is 5.92 Å². The SMILES string of the molecule is CCC(NC(=O)C1CCN(Cc2cccc(Cl)c2)CC1)c1ccc2c(c1)CCCC2. The van der Waals surface area contributed by atoms with Crippen LogP contribution in [0, 0.1) is 5.92 Å². The van der Waals surface area contributed by atoms with Crippen LogP contribution >= 0.6 is 11.6 Å². The molecule has 1 fully saturated rings. The molecule has 1 aliphatic carbocycles. The molecule has 0 radical (unpaired) electrons. The van der Waals surface area contributed by atoms with Crippen LogP contribution in [-0.4, -0.2) is 23.9 Å². The molecule has 2 aromatic carbocycles. The number of carbonyl (C=O) groups excluding carboxylic acids is 1. The highest BCUT2D eigenvalue weighted by Crippen LogP contribution is 2.27. The van der Waals surface area contributed by atoms with Crippen molar-refractivity contribution in [2.45, 2.75) is 64.5 Å². The van der Waals surface area contributed by atoms with Crippen molar-refractivity contribution in [3.05, 3.63) is 69.7 Å². The summed E-state index contributed by atoms with van der Waals surface area (Å²) in [6, 6.07) is 15.0. The second-order valence-electron chi connectivity index (χ2n) is 8.89. The molecule has 1 N–H and O–H groups in total. The summed E-state index contributed by atoms with van der Waals surface area (Å²) in [6.07, 6.45) is 7.74. The van der Waals surface area contributed by atoms with E-state index in [-0.39, 0.29) is 17.9 Å². The molecule has 2 aliphatic rings. The first kappa shape index (κ1) is 21.4. The summed E-state index contributed by atoms with van der Waals surface area (Å²) in [7, 11) is 0. The van der Waals surface area contributed by atoms with Crippen LogP contribution in [0.1, 0.15) is 67.3 Å². The Labute approximate surface area is 185 Å². The lowest BCUT2D eigenvalue weighted by molar-refractivity contribution is -0.127. The van der Waals surface area contributed by atoms with E-state index in [2.05, 4.69) is 41.4 Å². The molecule has 160 valence electrons. The molecule has 30 heavy (non-hydrogen) atoms. The predicted octanol–water partition coefficient (Wildman–Crippen LogP) is 5.70. The molecule has 3 nitrogen and oxygen atoms in total. The maximum atomic E-state index is 13.0. The van der Waals surface area contributed by atoms with Crippen LogP contribution in [-0.2, 0) is 24.2 Å². The standard InChI is InChI=1S/C26H33ClN2O/c1-2-25(23-11-10-20-7-3-4-8-22(20)17-23)28-26(30)21-12-14-29(15-13-21)18-19-6-5-9-24(27)16-19/h5-6,9-11,16-17,21,25H,2-4,7-8,12-15,18H2,1H3,(H,28,30). The summed E-state index contributed by atoms with van der Waals surface area (Å²) in [5, 5.41) is 4.14. The number of hydrogen-bond donors (Lipinski definition) is 1. The van der Waals surface area contributed by atoms with E-state index in [0.29, 0.717) is 0 Å². The average molecular weight is 425 g/mol. The second-order valence-corrected chi connectivity index (χ2v) is 9.32. The van der Waals surface area contributed by atoms with Crippen molar-refractivity contribution in [3.63, 3.8) is 0 Å². The van der Waals surface area contributed by atoms with Crippen molar-refractivity contribution in [1.82, 2.24) is 10.2 Å². The van der Waals surface area contributed by atoms with Gasteiger partial charge in [-0.25, -0.2) is 0 Å². The summed E-state index contributed by atoms with van der Waals surface area (Å²) in [5.74, 6) is 0.342. The van der Waals surface area contributed by atoms with E-state index in [9.17, 15) is 4.79 Å². The third kappa shape index (κ3) is 5.25. The number of likely N-dealkylation sites (tertiary alicyclic amines) is 1. The van der Waals surface area contributed by atoms with Gasteiger partial charge in [0.1, 0.15) is 0 Å². The Kier molecular flexibility index (Phi) is 7.12. The van der Waals surface area contributed by atoms with Gasteiger partial charge in [0, 0.05) is 17.5 Å². The Morgan fingerprint density at radius 1 is 1.10 bits per heavy atom. The highest BCUT2D eigenvalue weighted by atomic mass is 35.5. The first-order chi connectivity index (χ1) is 14.6. The number of rotatable bonds is 6. The summed E-state index contributed by atoms with van der Waals surface area (Å²) in [6.45, 7) is 4.99. The van der Waals surface area contributed by atoms with E-state index in [1.807, 2.05) is 18.2 Å². The molecular weight excluding hydrogens is 392 g/mol. The molecule has 1 amide bonds. The average Bonchev–Trinajstić information content (AvgIpc) is 2.77. The fraction of sp³-hybridized carbons (Fsp3) is 0.500. The van der Waals surface area contributed by atoms with Gasteiger partial charge in [0.05, 0.1) is 6.04 Å². The topological polar surface area (TPSA) is 32.3 Å². The second kappa shape index (κ2) is 9.98. The number of nitrogens with one attached hydrogen (secondary N) is 1. The smallest absolute Gasteiger partial charge is 0.223 e. The molecule has 0 bridgehead atoms. The van der Waals surface area contributed by atoms with E-state index in [1.54, 1.807) is 0 Å². The van der Waals surface area contributed by atoms with Crippen molar-refractivity contribution in [2.75, 3.05) is 13.1 Å². The lowest BCUT2D eigenvalue weighted by Gasteiger charge is -2.32. The van der Waals surface area contributed by atoms with Crippen LogP contribution in [0.4, 0.5) is 0 Å². The van der Waals surface area contributed by atoms with Gasteiger partial charge < -0.3 is 5.32 Å². The van der Waals surface area contributed by atoms with Gasteiger partial charge in [-0.15, -0.1) is 0 Å². The van der Waals surface area contributed by atoms with Crippen molar-refractivity contribution in [3.8, 4) is 0 Å². The normalized spacial score (nSPS) is 18.6. The molecule has 4 heteroatoms. The molecule has 1 unspecified atom stereocenters. The minimum Gasteiger partial charge on any atom is -0.349 e. The molecule has 1 aliphatic heterocycles. The predicted molar refractivity (Wildman–Crippen MR) is 124 cm³/mol. The minimum absolute atomic E-state index is 0.118. The molecular formula is C26H33ClN2O. The molecule has 1 atom stereocenters. The Balaban J connectivity index is 1.31. The van der Waals surface area contributed by atoms with Gasteiger partial charge >= 0.3 is 0 Å². The molecule has 0 aromatic heterocycles. The third-order valence-electron chi connectivity index (χ3n) is 6.75. The number of halogens is 1. The third-order valence-corrected chi connectivity index (χ3v) is 6.99. The van der Waals surface area contributed by atoms with Gasteiger partial charge in [-0.05, 0) is 92.4 Å². The summed E-state index contributed by atoms with van der Waals surface area (Å²) in [4.78, 5) is 15.4. The van der Waals surface area contributed by atoms with E-state index in [0.717, 1.165) is 43.9 Å². The minimum atomic E-state index is 0.118. The maximum absolute atomic E-state index is 13.0. The van der Waals surface area contributed by atoms with E-state index in [4.69, 9.17) is 11.6 Å². The Bertz CT molecular complexity index is 873. The fourth-order valence-electron chi connectivity index (χ4n) is 4.93. The van der Waals surface area contributed by atoms with Gasteiger partial charge in [0.15, 0.2) is 0 Å². The Morgan fingerprint density at radius 3 is 2.60 bits per heavy atom. The van der Waals surface area contributed by atoms with Crippen molar-refractivity contribution < 1.29 is 4.79 Å². The Morgan fingerprint density at radius 2 is 1.87 bits per heavy atom. The lowest BCUT2D eigenvalue weighted by Crippen LogP contribution is -2.41. The molecule has 0 saturated carbocycles. The van der Waals surface area contributed by atoms with Gasteiger partial charge in [-0.2, -0.15) is 0 Å². The summed E-state index contributed by atoms with van der Waals surface area (Å²) in [5.41, 5.74) is 5.49. The molecule has 4 rings (SSSR count). The number of nitrogens with zero attached hydrogens (tertiary/aromatic N) is 1. The number of aryl methyl sites for hydroxylation is 2. The van der Waals surface area contributed by atoms with E-state index < -0.39 is 0 Å². The number of hydrogen-bond acceptors (Lipinski definition) is 2. The van der Waals surface area contributed by atoms with Crippen LogP contribution in [0.2, 0.25) is 5.02 Å². The largest absolute Gasteiger partial charge is 0.349 e. The first-order valence-electron chi connectivity index (χ1n) is 11.5. The fourth-order valence-corrected chi connectivity index (χ4v) is 5.14. The highest BCUT2D eigenvalue weighted by molar-refractivity contribution is 6.30. The number of amides is 1. The molecule has 1 saturated heterocycles. The van der Waals surface area contributed by atoms with Gasteiger partial charge in [-0.3, -0.25) is 9.69 Å². The van der Waals surface area contributed by atoms with Crippen LogP contribution in [0.3, 0.4) is 0 Å². The van der Waals surface area contributed by atoms with Crippen LogP contribution in [0.25, 0.3) is 0 Å². The zero-order chi connectivity index (χ0) is 20.9. The summed E-state index contributed by atoms with van der Waals surface area (Å²) < 4.78 is 0. The monoisotopic (exact) mass is 424 g/mol. The number of carbonyl (C=O) groups is 1. The first-order valence-corrected chi connectivity index (χ1v) is 11.9. The van der Waals surface area contributed by atoms with Crippen LogP contribution < -0.4 is 5.32 Å². The number of benzene rings is 2. The van der Waals surface area contributed by atoms with Gasteiger partial charge in [0.25, 0.3) is 0 Å². The Hall–Kier alpha value is -1.84. The van der Waals surface area contributed by atoms with Crippen molar-refractivity contribution in [1.29, 1.82) is 0 Å². The molecule has 2 aromatic rings. The summed E-state index contributed by atoms with van der Waals surface area (Å²) >= 11 is 6.11. The number of fused-ring (bicyclic) bond motifs is 1. The molecule has 1 heterocycles. The quantitative estimate of drug-likeness (QED) is 0.645. The van der Waals surface area contributed by atoms with Crippen molar-refractivity contribution >= 4 is 17.5 Å². The molecule has 0 spiro atoms. The van der Waals surface area contributed by atoms with Gasteiger partial charge in [0.2, 0.25) is 5.91 Å². The zero-order valence-electron chi connectivity index (χ0n) is 18.0. The van der Waals surface area contributed by atoms with E-state index >= 15 is 0 Å². The number of piperidine rings is 1. The zero-order valence-corrected chi connectivity index (χ0v) is 18.8. The van der Waals surface area contributed by atoms with Crippen LogP contribution in [0.5, 0.6) is 0 Å². The lowest BCUT2D eigenvalue weighted by atomic mass is 9.88. The van der Waals surface area contributed by atoms with Gasteiger partial charge in [-0.1, -0.05) is 48.9 Å². The highest BCUT2D eigenvalue weighted by Gasteiger charge is 2.27. The maximum Gasteiger partial charge on any atom is 0.223 e.